The van der Waals surface area contributed by atoms with Gasteiger partial charge in [0.25, 0.3) is 0 Å². The highest BCUT2D eigenvalue weighted by Gasteiger charge is 2.15. The van der Waals surface area contributed by atoms with Gasteiger partial charge in [-0.25, -0.2) is 9.59 Å². The Hall–Kier alpha value is -4.91. The van der Waals surface area contributed by atoms with Crippen LogP contribution in [0.15, 0.2) is 97.1 Å². The molecule has 198 valence electrons. The monoisotopic (exact) mass is 524 g/mol. The van der Waals surface area contributed by atoms with Crippen molar-refractivity contribution in [3.8, 4) is 17.2 Å². The summed E-state index contributed by atoms with van der Waals surface area (Å²) in [5, 5.41) is 0. The molecule has 39 heavy (non-hydrogen) atoms. The molecular weight excluding hydrogens is 496 g/mol. The number of carbonyl (C=O) groups is 3. The Morgan fingerprint density at radius 1 is 0.590 bits per heavy atom. The molecule has 4 aromatic carbocycles. The summed E-state index contributed by atoms with van der Waals surface area (Å²) in [7, 11) is 1.25. The van der Waals surface area contributed by atoms with E-state index in [0.29, 0.717) is 22.6 Å². The van der Waals surface area contributed by atoms with Crippen molar-refractivity contribution in [1.29, 1.82) is 0 Å². The minimum atomic E-state index is -0.881. The molecule has 1 atom stereocenters. The predicted molar refractivity (Wildman–Crippen MR) is 146 cm³/mol. The number of hydrogen-bond acceptors (Lipinski definition) is 7. The van der Waals surface area contributed by atoms with Crippen LogP contribution in [-0.4, -0.2) is 25.2 Å². The first kappa shape index (κ1) is 27.1. The first-order valence-electron chi connectivity index (χ1n) is 12.4. The summed E-state index contributed by atoms with van der Waals surface area (Å²) in [6, 6.07) is 28.1. The van der Waals surface area contributed by atoms with Crippen molar-refractivity contribution in [3.63, 3.8) is 0 Å². The van der Waals surface area contributed by atoms with Crippen LogP contribution in [0, 0.1) is 6.92 Å². The molecule has 0 aromatic heterocycles. The zero-order valence-electron chi connectivity index (χ0n) is 21.9. The third-order valence-corrected chi connectivity index (χ3v) is 6.17. The molecule has 7 heteroatoms. The number of carbonyl (C=O) groups excluding carboxylic acids is 3. The second-order valence-corrected chi connectivity index (χ2v) is 8.83. The van der Waals surface area contributed by atoms with E-state index in [-0.39, 0.29) is 17.5 Å². The molecule has 0 spiro atoms. The van der Waals surface area contributed by atoms with Crippen LogP contribution in [0.4, 0.5) is 9.59 Å². The second-order valence-electron chi connectivity index (χ2n) is 8.83. The van der Waals surface area contributed by atoms with Crippen molar-refractivity contribution in [2.45, 2.75) is 26.2 Å². The maximum Gasteiger partial charge on any atom is 0.519 e. The Morgan fingerprint density at radius 2 is 0.974 bits per heavy atom. The summed E-state index contributed by atoms with van der Waals surface area (Å²) in [5.41, 5.74) is 4.24. The van der Waals surface area contributed by atoms with Crippen molar-refractivity contribution in [1.82, 2.24) is 0 Å². The largest absolute Gasteiger partial charge is 0.519 e. The summed E-state index contributed by atoms with van der Waals surface area (Å²) in [5.74, 6) is 0.990. The third kappa shape index (κ3) is 7.11. The molecule has 0 fully saturated rings. The van der Waals surface area contributed by atoms with Crippen molar-refractivity contribution in [2.24, 2.45) is 0 Å². The summed E-state index contributed by atoms with van der Waals surface area (Å²) in [6.07, 6.45) is -0.815. The van der Waals surface area contributed by atoms with Crippen LogP contribution in [0.2, 0.25) is 0 Å². The van der Waals surface area contributed by atoms with E-state index in [4.69, 9.17) is 14.2 Å². The zero-order chi connectivity index (χ0) is 27.8. The van der Waals surface area contributed by atoms with Gasteiger partial charge in [-0.05, 0) is 73.0 Å². The van der Waals surface area contributed by atoms with Gasteiger partial charge in [0.2, 0.25) is 0 Å². The van der Waals surface area contributed by atoms with Crippen molar-refractivity contribution < 1.29 is 33.3 Å². The third-order valence-electron chi connectivity index (χ3n) is 6.17. The van der Waals surface area contributed by atoms with E-state index < -0.39 is 12.3 Å². The minimum Gasteiger partial charge on any atom is -0.437 e. The average molecular weight is 525 g/mol. The molecule has 0 amide bonds. The SMILES string of the molecule is CCC(c1ccc(OC(=O)OC)cc1)c1ccc(OC(=O)Oc2ccc(C(=O)c3ccc(C)cc3)cc2)cc1. The van der Waals surface area contributed by atoms with Crippen LogP contribution in [0.25, 0.3) is 0 Å². The molecule has 4 rings (SSSR count). The van der Waals surface area contributed by atoms with Crippen LogP contribution in [0.1, 0.15) is 51.9 Å². The Morgan fingerprint density at radius 3 is 1.38 bits per heavy atom. The van der Waals surface area contributed by atoms with Gasteiger partial charge in [-0.15, -0.1) is 0 Å². The van der Waals surface area contributed by atoms with Gasteiger partial charge in [-0.3, -0.25) is 4.79 Å². The Labute approximate surface area is 226 Å². The second kappa shape index (κ2) is 12.6. The van der Waals surface area contributed by atoms with Crippen LogP contribution < -0.4 is 14.2 Å². The summed E-state index contributed by atoms with van der Waals surface area (Å²) in [4.78, 5) is 36.2. The first-order chi connectivity index (χ1) is 18.9. The van der Waals surface area contributed by atoms with Gasteiger partial charge in [-0.2, -0.15) is 0 Å². The van der Waals surface area contributed by atoms with Gasteiger partial charge < -0.3 is 18.9 Å². The average Bonchev–Trinajstić information content (AvgIpc) is 2.95. The molecular formula is C32H28O7. The first-order valence-corrected chi connectivity index (χ1v) is 12.4. The molecule has 7 nitrogen and oxygen atoms in total. The molecule has 4 aromatic rings. The smallest absolute Gasteiger partial charge is 0.437 e. The quantitative estimate of drug-likeness (QED) is 0.134. The highest BCUT2D eigenvalue weighted by Crippen LogP contribution is 2.30. The topological polar surface area (TPSA) is 88.1 Å². The number of ketones is 1. The van der Waals surface area contributed by atoms with E-state index in [1.165, 1.54) is 7.11 Å². The molecule has 0 aliphatic rings. The van der Waals surface area contributed by atoms with Crippen molar-refractivity contribution in [2.75, 3.05) is 7.11 Å². The van der Waals surface area contributed by atoms with Crippen LogP contribution in [-0.2, 0) is 4.74 Å². The highest BCUT2D eigenvalue weighted by atomic mass is 16.7. The molecule has 0 saturated carbocycles. The molecule has 0 N–H and O–H groups in total. The number of methoxy groups -OCH3 is 1. The fourth-order valence-corrected chi connectivity index (χ4v) is 4.10. The molecule has 0 saturated heterocycles. The lowest BCUT2D eigenvalue weighted by Crippen LogP contribution is -2.14. The van der Waals surface area contributed by atoms with Crippen molar-refractivity contribution in [3.05, 3.63) is 125 Å². The Bertz CT molecular complexity index is 1420. The number of aryl methyl sites for hydroxylation is 1. The lowest BCUT2D eigenvalue weighted by atomic mass is 9.89. The van der Waals surface area contributed by atoms with Gasteiger partial charge >= 0.3 is 12.3 Å². The number of ether oxygens (including phenoxy) is 4. The van der Waals surface area contributed by atoms with E-state index >= 15 is 0 Å². The van der Waals surface area contributed by atoms with Gasteiger partial charge in [0.1, 0.15) is 17.2 Å². The predicted octanol–water partition coefficient (Wildman–Crippen LogP) is 7.49. The number of hydrogen-bond donors (Lipinski definition) is 0. The highest BCUT2D eigenvalue weighted by molar-refractivity contribution is 6.09. The molecule has 0 radical (unpaired) electrons. The van der Waals surface area contributed by atoms with E-state index in [0.717, 1.165) is 23.1 Å². The zero-order valence-corrected chi connectivity index (χ0v) is 21.9. The van der Waals surface area contributed by atoms with Gasteiger partial charge in [0.05, 0.1) is 7.11 Å². The minimum absolute atomic E-state index is 0.0966. The van der Waals surface area contributed by atoms with E-state index in [1.807, 2.05) is 43.3 Å². The normalized spacial score (nSPS) is 11.3. The fourth-order valence-electron chi connectivity index (χ4n) is 4.10. The fraction of sp³-hybridized carbons (Fsp3) is 0.156. The maximum absolute atomic E-state index is 12.6. The summed E-state index contributed by atoms with van der Waals surface area (Å²) < 4.78 is 20.1. The molecule has 0 aliphatic heterocycles. The number of rotatable bonds is 8. The number of benzene rings is 4. The molecule has 0 aliphatic carbocycles. The van der Waals surface area contributed by atoms with E-state index in [2.05, 4.69) is 11.7 Å². The van der Waals surface area contributed by atoms with Gasteiger partial charge in [0, 0.05) is 17.0 Å². The van der Waals surface area contributed by atoms with E-state index in [1.54, 1.807) is 60.7 Å². The lowest BCUT2D eigenvalue weighted by molar-refractivity contribution is 0.103. The summed E-state index contributed by atoms with van der Waals surface area (Å²) >= 11 is 0. The van der Waals surface area contributed by atoms with Crippen LogP contribution in [0.5, 0.6) is 17.2 Å². The molecule has 0 heterocycles. The van der Waals surface area contributed by atoms with E-state index in [9.17, 15) is 14.4 Å². The lowest BCUT2D eigenvalue weighted by Gasteiger charge is -2.17. The van der Waals surface area contributed by atoms with Gasteiger partial charge in [-0.1, -0.05) is 61.0 Å². The van der Waals surface area contributed by atoms with Crippen LogP contribution >= 0.6 is 0 Å². The van der Waals surface area contributed by atoms with Crippen molar-refractivity contribution >= 4 is 18.1 Å². The Kier molecular flexibility index (Phi) is 8.74. The van der Waals surface area contributed by atoms with Gasteiger partial charge in [0.15, 0.2) is 5.78 Å². The standard InChI is InChI=1S/C32H28O7/c1-4-29(22-9-15-26(16-10-22)37-31(34)36-3)23-11-17-27(18-12-23)38-32(35)39-28-19-13-25(14-20-28)30(33)24-7-5-21(2)6-8-24/h5-20,29H,4H2,1-3H3. The van der Waals surface area contributed by atoms with Crippen LogP contribution in [0.3, 0.4) is 0 Å². The summed E-state index contributed by atoms with van der Waals surface area (Å²) in [6.45, 7) is 4.04. The Balaban J connectivity index is 1.34. The molecule has 0 bridgehead atoms. The molecule has 1 unspecified atom stereocenters. The maximum atomic E-state index is 12.6.